The number of nitrogens with two attached hydrogens (primary N) is 1. The summed E-state index contributed by atoms with van der Waals surface area (Å²) in [6.45, 7) is 6.11. The van der Waals surface area contributed by atoms with E-state index in [0.717, 1.165) is 30.9 Å². The van der Waals surface area contributed by atoms with Crippen LogP contribution in [0.3, 0.4) is 0 Å². The number of anilines is 2. The van der Waals surface area contributed by atoms with Crippen LogP contribution in [0.4, 0.5) is 11.4 Å². The van der Waals surface area contributed by atoms with Crippen molar-refractivity contribution in [2.24, 2.45) is 0 Å². The first-order valence-corrected chi connectivity index (χ1v) is 5.41. The van der Waals surface area contributed by atoms with Gasteiger partial charge >= 0.3 is 0 Å². The lowest BCUT2D eigenvalue weighted by Gasteiger charge is -2.24. The molecule has 0 aliphatic carbocycles. The Labute approximate surface area is 91.5 Å². The highest BCUT2D eigenvalue weighted by Gasteiger charge is 2.07. The fraction of sp³-hybridized carbons (Fsp3) is 0.500. The molecular formula is C12H20N2O. The van der Waals surface area contributed by atoms with Crippen LogP contribution < -0.4 is 10.6 Å². The highest BCUT2D eigenvalue weighted by Crippen LogP contribution is 2.24. The second-order valence-electron chi connectivity index (χ2n) is 3.72. The molecule has 0 heterocycles. The Hall–Kier alpha value is -1.22. The van der Waals surface area contributed by atoms with Crippen molar-refractivity contribution in [1.82, 2.24) is 0 Å². The van der Waals surface area contributed by atoms with Gasteiger partial charge in [0.25, 0.3) is 0 Å². The van der Waals surface area contributed by atoms with Crippen LogP contribution in [0.5, 0.6) is 0 Å². The van der Waals surface area contributed by atoms with Gasteiger partial charge in [-0.1, -0.05) is 6.07 Å². The van der Waals surface area contributed by atoms with Crippen LogP contribution in [-0.4, -0.2) is 24.8 Å². The van der Waals surface area contributed by atoms with Crippen molar-refractivity contribution in [2.75, 3.05) is 30.3 Å². The number of aliphatic hydroxyl groups is 1. The minimum Gasteiger partial charge on any atom is -0.397 e. The van der Waals surface area contributed by atoms with Gasteiger partial charge in [-0.2, -0.15) is 0 Å². The van der Waals surface area contributed by atoms with Crippen molar-refractivity contribution in [2.45, 2.75) is 20.3 Å². The first-order valence-electron chi connectivity index (χ1n) is 5.41. The third kappa shape index (κ3) is 3.13. The van der Waals surface area contributed by atoms with Gasteiger partial charge in [-0.3, -0.25) is 0 Å². The molecule has 1 rings (SSSR count). The number of nitrogen functional groups attached to an aromatic ring is 1. The zero-order valence-corrected chi connectivity index (χ0v) is 9.53. The van der Waals surface area contributed by atoms with E-state index in [2.05, 4.69) is 17.9 Å². The maximum atomic E-state index is 8.81. The van der Waals surface area contributed by atoms with E-state index in [1.807, 2.05) is 19.1 Å². The molecule has 0 saturated heterocycles. The summed E-state index contributed by atoms with van der Waals surface area (Å²) in [6, 6.07) is 6.09. The summed E-state index contributed by atoms with van der Waals surface area (Å²) >= 11 is 0. The van der Waals surface area contributed by atoms with E-state index in [0.29, 0.717) is 0 Å². The summed E-state index contributed by atoms with van der Waals surface area (Å²) in [6.07, 6.45) is 0.779. The molecule has 0 fully saturated rings. The van der Waals surface area contributed by atoms with Gasteiger partial charge in [0.15, 0.2) is 0 Å². The molecule has 0 atom stereocenters. The summed E-state index contributed by atoms with van der Waals surface area (Å²) < 4.78 is 0. The molecule has 84 valence electrons. The van der Waals surface area contributed by atoms with Crippen LogP contribution in [0, 0.1) is 6.92 Å². The predicted molar refractivity (Wildman–Crippen MR) is 65.2 cm³/mol. The molecule has 3 N–H and O–H groups in total. The van der Waals surface area contributed by atoms with Gasteiger partial charge in [0, 0.05) is 19.7 Å². The molecule has 15 heavy (non-hydrogen) atoms. The number of benzene rings is 1. The maximum Gasteiger partial charge on any atom is 0.0600 e. The zero-order valence-electron chi connectivity index (χ0n) is 9.53. The van der Waals surface area contributed by atoms with Crippen molar-refractivity contribution < 1.29 is 5.11 Å². The number of aliphatic hydroxyl groups excluding tert-OH is 1. The van der Waals surface area contributed by atoms with E-state index < -0.39 is 0 Å². The zero-order chi connectivity index (χ0) is 11.3. The Morgan fingerprint density at radius 1 is 1.40 bits per heavy atom. The molecule has 3 heteroatoms. The van der Waals surface area contributed by atoms with E-state index in [1.165, 1.54) is 5.56 Å². The van der Waals surface area contributed by atoms with Gasteiger partial charge in [0.05, 0.1) is 11.4 Å². The average Bonchev–Trinajstić information content (AvgIpc) is 2.21. The molecule has 0 bridgehead atoms. The summed E-state index contributed by atoms with van der Waals surface area (Å²) in [5, 5.41) is 8.81. The van der Waals surface area contributed by atoms with Crippen molar-refractivity contribution in [3.8, 4) is 0 Å². The fourth-order valence-electron chi connectivity index (χ4n) is 1.67. The Morgan fingerprint density at radius 2 is 2.13 bits per heavy atom. The van der Waals surface area contributed by atoms with E-state index in [1.54, 1.807) is 0 Å². The Morgan fingerprint density at radius 3 is 2.67 bits per heavy atom. The molecule has 0 amide bonds. The van der Waals surface area contributed by atoms with Crippen LogP contribution >= 0.6 is 0 Å². The standard InChI is InChI=1S/C12H20N2O/c1-3-14(7-4-8-15)12-6-5-10(2)9-11(12)13/h5-6,9,15H,3-4,7-8,13H2,1-2H3. The monoisotopic (exact) mass is 208 g/mol. The van der Waals surface area contributed by atoms with Crippen LogP contribution in [0.1, 0.15) is 18.9 Å². The van der Waals surface area contributed by atoms with Crippen molar-refractivity contribution in [3.05, 3.63) is 23.8 Å². The number of rotatable bonds is 5. The molecule has 0 aliphatic rings. The highest BCUT2D eigenvalue weighted by atomic mass is 16.3. The molecule has 0 unspecified atom stereocenters. The summed E-state index contributed by atoms with van der Waals surface area (Å²) in [5.41, 5.74) is 9.02. The first-order chi connectivity index (χ1) is 7.19. The minimum atomic E-state index is 0.224. The van der Waals surface area contributed by atoms with Gasteiger partial charge in [0.2, 0.25) is 0 Å². The Balaban J connectivity index is 2.81. The van der Waals surface area contributed by atoms with Gasteiger partial charge in [-0.15, -0.1) is 0 Å². The second kappa shape index (κ2) is 5.61. The molecule has 0 radical (unpaired) electrons. The summed E-state index contributed by atoms with van der Waals surface area (Å²) in [7, 11) is 0. The lowest BCUT2D eigenvalue weighted by atomic mass is 10.1. The largest absolute Gasteiger partial charge is 0.397 e. The van der Waals surface area contributed by atoms with E-state index in [-0.39, 0.29) is 6.61 Å². The lowest BCUT2D eigenvalue weighted by Crippen LogP contribution is -2.25. The third-order valence-corrected chi connectivity index (χ3v) is 2.49. The van der Waals surface area contributed by atoms with Gasteiger partial charge in [-0.25, -0.2) is 0 Å². The lowest BCUT2D eigenvalue weighted by molar-refractivity contribution is 0.289. The van der Waals surface area contributed by atoms with Crippen LogP contribution in [0.15, 0.2) is 18.2 Å². The quantitative estimate of drug-likeness (QED) is 0.725. The Kier molecular flexibility index (Phi) is 4.43. The number of hydrogen-bond donors (Lipinski definition) is 2. The summed E-state index contributed by atoms with van der Waals surface area (Å²) in [4.78, 5) is 2.19. The van der Waals surface area contributed by atoms with E-state index >= 15 is 0 Å². The smallest absolute Gasteiger partial charge is 0.0600 e. The third-order valence-electron chi connectivity index (χ3n) is 2.49. The predicted octanol–water partition coefficient (Wildman–Crippen LogP) is 1.79. The molecule has 0 spiro atoms. The van der Waals surface area contributed by atoms with Crippen molar-refractivity contribution in [1.29, 1.82) is 0 Å². The van der Waals surface area contributed by atoms with Crippen LogP contribution in [-0.2, 0) is 0 Å². The maximum absolute atomic E-state index is 8.81. The molecule has 0 aliphatic heterocycles. The normalized spacial score (nSPS) is 10.3. The van der Waals surface area contributed by atoms with E-state index in [4.69, 9.17) is 10.8 Å². The molecular weight excluding hydrogens is 188 g/mol. The fourth-order valence-corrected chi connectivity index (χ4v) is 1.67. The SMILES string of the molecule is CCN(CCCO)c1ccc(C)cc1N. The molecule has 1 aromatic carbocycles. The van der Waals surface area contributed by atoms with Crippen molar-refractivity contribution >= 4 is 11.4 Å². The first kappa shape index (κ1) is 11.9. The Bertz CT molecular complexity index is 312. The molecule has 0 saturated carbocycles. The molecule has 1 aromatic rings. The number of aryl methyl sites for hydroxylation is 1. The van der Waals surface area contributed by atoms with Crippen LogP contribution in [0.2, 0.25) is 0 Å². The summed E-state index contributed by atoms with van der Waals surface area (Å²) in [5.74, 6) is 0. The van der Waals surface area contributed by atoms with Gasteiger partial charge in [-0.05, 0) is 38.0 Å². The molecule has 3 nitrogen and oxygen atoms in total. The minimum absolute atomic E-state index is 0.224. The van der Waals surface area contributed by atoms with Crippen molar-refractivity contribution in [3.63, 3.8) is 0 Å². The topological polar surface area (TPSA) is 49.5 Å². The number of hydrogen-bond acceptors (Lipinski definition) is 3. The van der Waals surface area contributed by atoms with Gasteiger partial charge < -0.3 is 15.7 Å². The molecule has 0 aromatic heterocycles. The highest BCUT2D eigenvalue weighted by molar-refractivity contribution is 5.68. The average molecular weight is 208 g/mol. The second-order valence-corrected chi connectivity index (χ2v) is 3.72. The van der Waals surface area contributed by atoms with E-state index in [9.17, 15) is 0 Å². The van der Waals surface area contributed by atoms with Crippen LogP contribution in [0.25, 0.3) is 0 Å². The van der Waals surface area contributed by atoms with Gasteiger partial charge in [0.1, 0.15) is 0 Å². The number of nitrogens with zero attached hydrogens (tertiary/aromatic N) is 1.